The van der Waals surface area contributed by atoms with Gasteiger partial charge in [0.25, 0.3) is 5.89 Å². The molecule has 5 nitrogen and oxygen atoms in total. The molecule has 1 heterocycles. The monoisotopic (exact) mass is 300 g/mol. The van der Waals surface area contributed by atoms with Gasteiger partial charge in [0.2, 0.25) is 5.82 Å². The fourth-order valence-electron chi connectivity index (χ4n) is 1.85. The van der Waals surface area contributed by atoms with Crippen LogP contribution in [-0.4, -0.2) is 17.3 Å². The highest BCUT2D eigenvalue weighted by molar-refractivity contribution is 5.55. The Labute approximate surface area is 126 Å². The fourth-order valence-corrected chi connectivity index (χ4v) is 1.85. The van der Waals surface area contributed by atoms with Crippen LogP contribution in [0.15, 0.2) is 53.1 Å². The van der Waals surface area contributed by atoms with E-state index in [9.17, 15) is 4.39 Å². The molecule has 2 aromatic carbocycles. The molecule has 0 bridgehead atoms. The van der Waals surface area contributed by atoms with E-state index in [1.165, 1.54) is 24.3 Å². The first-order valence-electron chi connectivity index (χ1n) is 6.60. The molecule has 0 spiro atoms. The van der Waals surface area contributed by atoms with Crippen LogP contribution in [0.4, 0.5) is 4.39 Å². The first-order valence-corrected chi connectivity index (χ1v) is 6.60. The highest BCUT2D eigenvalue weighted by Crippen LogP contribution is 2.20. The smallest absolute Gasteiger partial charge is 0.264 e. The zero-order valence-electron chi connectivity index (χ0n) is 11.8. The third kappa shape index (κ3) is 3.22. The Morgan fingerprint density at radius 1 is 1.00 bits per heavy atom. The number of benzene rings is 2. The van der Waals surface area contributed by atoms with Crippen LogP contribution in [0.1, 0.15) is 5.89 Å². The SMILES string of the molecule is COc1ccc(-c2noc(COc3ccc(F)cc3)n2)cc1. The van der Waals surface area contributed by atoms with E-state index < -0.39 is 0 Å². The molecule has 0 aliphatic heterocycles. The molecule has 0 aliphatic carbocycles. The summed E-state index contributed by atoms with van der Waals surface area (Å²) >= 11 is 0. The Morgan fingerprint density at radius 3 is 2.36 bits per heavy atom. The number of hydrogen-bond acceptors (Lipinski definition) is 5. The average Bonchev–Trinajstić information content (AvgIpc) is 3.03. The summed E-state index contributed by atoms with van der Waals surface area (Å²) in [5.74, 6) is 1.79. The molecule has 0 saturated carbocycles. The van der Waals surface area contributed by atoms with Gasteiger partial charge in [0.15, 0.2) is 6.61 Å². The third-order valence-electron chi connectivity index (χ3n) is 2.99. The molecule has 0 N–H and O–H groups in total. The van der Waals surface area contributed by atoms with Crippen molar-refractivity contribution in [3.8, 4) is 22.9 Å². The summed E-state index contributed by atoms with van der Waals surface area (Å²) in [4.78, 5) is 4.25. The quantitative estimate of drug-likeness (QED) is 0.722. The van der Waals surface area contributed by atoms with Crippen LogP contribution >= 0.6 is 0 Å². The number of methoxy groups -OCH3 is 1. The summed E-state index contributed by atoms with van der Waals surface area (Å²) in [7, 11) is 1.61. The Morgan fingerprint density at radius 2 is 1.68 bits per heavy atom. The van der Waals surface area contributed by atoms with Crippen molar-refractivity contribution < 1.29 is 18.4 Å². The summed E-state index contributed by atoms with van der Waals surface area (Å²) < 4.78 is 28.5. The van der Waals surface area contributed by atoms with Crippen LogP contribution in [0, 0.1) is 5.82 Å². The van der Waals surface area contributed by atoms with Crippen molar-refractivity contribution in [1.82, 2.24) is 10.1 Å². The summed E-state index contributed by atoms with van der Waals surface area (Å²) in [6.07, 6.45) is 0. The molecule has 0 unspecified atom stereocenters. The van der Waals surface area contributed by atoms with Crippen LogP contribution in [0.3, 0.4) is 0 Å². The van der Waals surface area contributed by atoms with Crippen LogP contribution in [-0.2, 0) is 6.61 Å². The van der Waals surface area contributed by atoms with Crippen LogP contribution < -0.4 is 9.47 Å². The van der Waals surface area contributed by atoms with E-state index >= 15 is 0 Å². The average molecular weight is 300 g/mol. The maximum Gasteiger partial charge on any atom is 0.264 e. The van der Waals surface area contributed by atoms with Gasteiger partial charge in [-0.25, -0.2) is 4.39 Å². The number of nitrogens with zero attached hydrogens (tertiary/aromatic N) is 2. The number of halogens is 1. The number of hydrogen-bond donors (Lipinski definition) is 0. The Hall–Kier alpha value is -2.89. The summed E-state index contributed by atoms with van der Waals surface area (Å²) in [5.41, 5.74) is 0.817. The molecule has 3 rings (SSSR count). The van der Waals surface area contributed by atoms with Gasteiger partial charge in [0.05, 0.1) is 7.11 Å². The molecular formula is C16H13FN2O3. The molecule has 0 fully saturated rings. The van der Waals surface area contributed by atoms with Gasteiger partial charge in [-0.2, -0.15) is 4.98 Å². The predicted octanol–water partition coefficient (Wildman–Crippen LogP) is 3.46. The lowest BCUT2D eigenvalue weighted by molar-refractivity contribution is 0.242. The maximum atomic E-state index is 12.8. The summed E-state index contributed by atoms with van der Waals surface area (Å²) in [6, 6.07) is 13.0. The minimum absolute atomic E-state index is 0.120. The van der Waals surface area contributed by atoms with E-state index in [1.807, 2.05) is 24.3 Å². The first kappa shape index (κ1) is 14.1. The van der Waals surface area contributed by atoms with E-state index in [4.69, 9.17) is 14.0 Å². The Kier molecular flexibility index (Phi) is 4.00. The van der Waals surface area contributed by atoms with Crippen molar-refractivity contribution in [3.05, 3.63) is 60.2 Å². The maximum absolute atomic E-state index is 12.8. The van der Waals surface area contributed by atoms with Crippen LogP contribution in [0.25, 0.3) is 11.4 Å². The second-order valence-electron chi connectivity index (χ2n) is 4.48. The topological polar surface area (TPSA) is 57.4 Å². The van der Waals surface area contributed by atoms with Gasteiger partial charge >= 0.3 is 0 Å². The lowest BCUT2D eigenvalue weighted by Crippen LogP contribution is -1.95. The van der Waals surface area contributed by atoms with Gasteiger partial charge in [-0.15, -0.1) is 0 Å². The van der Waals surface area contributed by atoms with Gasteiger partial charge in [-0.1, -0.05) is 5.16 Å². The van der Waals surface area contributed by atoms with Crippen LogP contribution in [0.2, 0.25) is 0 Å². The molecule has 0 atom stereocenters. The Bertz CT molecular complexity index is 739. The third-order valence-corrected chi connectivity index (χ3v) is 2.99. The zero-order valence-corrected chi connectivity index (χ0v) is 11.8. The Balaban J connectivity index is 1.66. The highest BCUT2D eigenvalue weighted by atomic mass is 19.1. The lowest BCUT2D eigenvalue weighted by atomic mass is 10.2. The van der Waals surface area contributed by atoms with Crippen molar-refractivity contribution >= 4 is 0 Å². The molecule has 22 heavy (non-hydrogen) atoms. The number of rotatable bonds is 5. The minimum atomic E-state index is -0.313. The fraction of sp³-hybridized carbons (Fsp3) is 0.125. The van der Waals surface area contributed by atoms with E-state index in [0.29, 0.717) is 17.5 Å². The van der Waals surface area contributed by atoms with Crippen molar-refractivity contribution in [2.75, 3.05) is 7.11 Å². The number of aromatic nitrogens is 2. The summed E-state index contributed by atoms with van der Waals surface area (Å²) in [6.45, 7) is 0.120. The predicted molar refractivity (Wildman–Crippen MR) is 77.0 cm³/mol. The summed E-state index contributed by atoms with van der Waals surface area (Å²) in [5, 5.41) is 3.90. The number of ether oxygens (including phenoxy) is 2. The van der Waals surface area contributed by atoms with Gasteiger partial charge in [0.1, 0.15) is 17.3 Å². The van der Waals surface area contributed by atoms with Gasteiger partial charge in [-0.05, 0) is 48.5 Å². The van der Waals surface area contributed by atoms with Crippen molar-refractivity contribution in [2.45, 2.75) is 6.61 Å². The minimum Gasteiger partial charge on any atom is -0.497 e. The molecule has 112 valence electrons. The molecule has 1 aromatic heterocycles. The molecule has 3 aromatic rings. The van der Waals surface area contributed by atoms with Crippen molar-refractivity contribution in [3.63, 3.8) is 0 Å². The van der Waals surface area contributed by atoms with Gasteiger partial charge in [0, 0.05) is 5.56 Å². The van der Waals surface area contributed by atoms with E-state index in [-0.39, 0.29) is 12.4 Å². The van der Waals surface area contributed by atoms with E-state index in [2.05, 4.69) is 10.1 Å². The largest absolute Gasteiger partial charge is 0.497 e. The lowest BCUT2D eigenvalue weighted by Gasteiger charge is -2.01. The van der Waals surface area contributed by atoms with E-state index in [1.54, 1.807) is 7.11 Å². The standard InChI is InChI=1S/C16H13FN2O3/c1-20-13-6-2-11(3-7-13)16-18-15(22-19-16)10-21-14-8-4-12(17)5-9-14/h2-9H,10H2,1H3. The van der Waals surface area contributed by atoms with Crippen LogP contribution in [0.5, 0.6) is 11.5 Å². The zero-order chi connectivity index (χ0) is 15.4. The molecule has 0 aliphatic rings. The molecule has 0 saturated heterocycles. The second-order valence-corrected chi connectivity index (χ2v) is 4.48. The second kappa shape index (κ2) is 6.26. The van der Waals surface area contributed by atoms with Gasteiger partial charge < -0.3 is 14.0 Å². The molecule has 0 amide bonds. The highest BCUT2D eigenvalue weighted by Gasteiger charge is 2.09. The van der Waals surface area contributed by atoms with Gasteiger partial charge in [-0.3, -0.25) is 0 Å². The van der Waals surface area contributed by atoms with E-state index in [0.717, 1.165) is 11.3 Å². The van der Waals surface area contributed by atoms with Crippen molar-refractivity contribution in [2.24, 2.45) is 0 Å². The molecule has 0 radical (unpaired) electrons. The molecular weight excluding hydrogens is 287 g/mol. The molecule has 6 heteroatoms. The van der Waals surface area contributed by atoms with Crippen molar-refractivity contribution in [1.29, 1.82) is 0 Å². The normalized spacial score (nSPS) is 10.5. The first-order chi connectivity index (χ1) is 10.7.